The Morgan fingerprint density at radius 1 is 1.04 bits per heavy atom. The molecular formula is C17H21N3O3S. The number of carbonyl (C=O) groups excluding carboxylic acids is 1. The maximum atomic E-state index is 11.8. The number of aryl methyl sites for hydroxylation is 1. The molecule has 0 bridgehead atoms. The first-order valence-electron chi connectivity index (χ1n) is 7.54. The van der Waals surface area contributed by atoms with Gasteiger partial charge < -0.3 is 10.6 Å². The van der Waals surface area contributed by atoms with E-state index < -0.39 is 10.0 Å². The number of sulfonamides is 1. The number of hydrogen-bond acceptors (Lipinski definition) is 3. The summed E-state index contributed by atoms with van der Waals surface area (Å²) < 4.78 is 22.3. The molecule has 0 aromatic heterocycles. The van der Waals surface area contributed by atoms with E-state index in [1.165, 1.54) is 23.3 Å². The smallest absolute Gasteiger partial charge is 0.315 e. The average Bonchev–Trinajstić information content (AvgIpc) is 2.54. The minimum atomic E-state index is -3.69. The molecule has 0 spiro atoms. The van der Waals surface area contributed by atoms with Crippen molar-refractivity contribution < 1.29 is 13.2 Å². The fourth-order valence-corrected chi connectivity index (χ4v) is 2.76. The molecule has 24 heavy (non-hydrogen) atoms. The summed E-state index contributed by atoms with van der Waals surface area (Å²) in [5.41, 5.74) is 3.20. The number of hydrogen-bond donors (Lipinski definition) is 3. The highest BCUT2D eigenvalue weighted by molar-refractivity contribution is 7.89. The van der Waals surface area contributed by atoms with Crippen LogP contribution in [0.3, 0.4) is 0 Å². The number of nitrogens with one attached hydrogen (secondary N) is 2. The summed E-state index contributed by atoms with van der Waals surface area (Å²) in [6.45, 7) is 2.89. The Bertz CT molecular complexity index is 802. The van der Waals surface area contributed by atoms with Crippen molar-refractivity contribution in [2.24, 2.45) is 5.14 Å². The summed E-state index contributed by atoms with van der Waals surface area (Å²) in [6, 6.07) is 13.9. The van der Waals surface area contributed by atoms with Crippen molar-refractivity contribution in [1.82, 2.24) is 10.6 Å². The first-order valence-corrected chi connectivity index (χ1v) is 9.09. The van der Waals surface area contributed by atoms with Gasteiger partial charge >= 0.3 is 6.03 Å². The maximum absolute atomic E-state index is 11.8. The highest BCUT2D eigenvalue weighted by Crippen LogP contribution is 2.09. The fourth-order valence-electron chi connectivity index (χ4n) is 2.24. The molecule has 0 fully saturated rings. The van der Waals surface area contributed by atoms with Gasteiger partial charge in [-0.2, -0.15) is 0 Å². The van der Waals surface area contributed by atoms with Gasteiger partial charge in [0.1, 0.15) is 0 Å². The topological polar surface area (TPSA) is 101 Å². The van der Waals surface area contributed by atoms with Gasteiger partial charge in [-0.25, -0.2) is 18.4 Å². The second kappa shape index (κ2) is 7.94. The summed E-state index contributed by atoms with van der Waals surface area (Å²) >= 11 is 0. The van der Waals surface area contributed by atoms with Crippen LogP contribution in [0.25, 0.3) is 0 Å². The van der Waals surface area contributed by atoms with E-state index in [1.54, 1.807) is 12.1 Å². The van der Waals surface area contributed by atoms with Crippen LogP contribution in [0.15, 0.2) is 53.4 Å². The third-order valence-corrected chi connectivity index (χ3v) is 4.58. The predicted molar refractivity (Wildman–Crippen MR) is 92.9 cm³/mol. The van der Waals surface area contributed by atoms with E-state index in [0.29, 0.717) is 13.1 Å². The summed E-state index contributed by atoms with van der Waals surface area (Å²) in [5, 5.41) is 10.6. The zero-order valence-corrected chi connectivity index (χ0v) is 14.3. The van der Waals surface area contributed by atoms with E-state index in [1.807, 2.05) is 31.2 Å². The zero-order chi connectivity index (χ0) is 17.6. The van der Waals surface area contributed by atoms with Gasteiger partial charge in [-0.3, -0.25) is 0 Å². The van der Waals surface area contributed by atoms with Crippen molar-refractivity contribution in [3.05, 3.63) is 65.2 Å². The highest BCUT2D eigenvalue weighted by Gasteiger charge is 2.07. The molecule has 0 unspecified atom stereocenters. The third kappa shape index (κ3) is 5.36. The fraction of sp³-hybridized carbons (Fsp3) is 0.235. The molecule has 0 heterocycles. The van der Waals surface area contributed by atoms with Crippen molar-refractivity contribution >= 4 is 16.1 Å². The van der Waals surface area contributed by atoms with E-state index in [2.05, 4.69) is 10.6 Å². The van der Waals surface area contributed by atoms with E-state index >= 15 is 0 Å². The van der Waals surface area contributed by atoms with Crippen molar-refractivity contribution in [3.63, 3.8) is 0 Å². The number of urea groups is 1. The molecule has 0 saturated heterocycles. The first kappa shape index (κ1) is 18.0. The highest BCUT2D eigenvalue weighted by atomic mass is 32.2. The lowest BCUT2D eigenvalue weighted by atomic mass is 10.1. The molecule has 0 aliphatic heterocycles. The van der Waals surface area contributed by atoms with Gasteiger partial charge in [-0.15, -0.1) is 0 Å². The number of nitrogens with two attached hydrogens (primary N) is 1. The van der Waals surface area contributed by atoms with Crippen LogP contribution < -0.4 is 15.8 Å². The Morgan fingerprint density at radius 2 is 1.71 bits per heavy atom. The number of amides is 2. The molecule has 0 radical (unpaired) electrons. The van der Waals surface area contributed by atoms with Crippen LogP contribution in [0.2, 0.25) is 0 Å². The molecule has 0 aliphatic rings. The Labute approximate surface area is 142 Å². The van der Waals surface area contributed by atoms with Gasteiger partial charge in [-0.1, -0.05) is 36.4 Å². The molecule has 0 aliphatic carbocycles. The van der Waals surface area contributed by atoms with Gasteiger partial charge in [0.05, 0.1) is 4.90 Å². The second-order valence-corrected chi connectivity index (χ2v) is 7.04. The quantitative estimate of drug-likeness (QED) is 0.741. The van der Waals surface area contributed by atoms with Gasteiger partial charge in [0.15, 0.2) is 0 Å². The monoisotopic (exact) mass is 347 g/mol. The van der Waals surface area contributed by atoms with E-state index in [9.17, 15) is 13.2 Å². The van der Waals surface area contributed by atoms with E-state index in [0.717, 1.165) is 12.0 Å². The molecule has 2 rings (SSSR count). The molecule has 6 nitrogen and oxygen atoms in total. The van der Waals surface area contributed by atoms with Crippen LogP contribution in [0.5, 0.6) is 0 Å². The van der Waals surface area contributed by atoms with Crippen LogP contribution in [-0.2, 0) is 23.0 Å². The van der Waals surface area contributed by atoms with Crippen LogP contribution >= 0.6 is 0 Å². The Hall–Kier alpha value is -2.38. The molecule has 4 N–H and O–H groups in total. The second-order valence-electron chi connectivity index (χ2n) is 5.47. The zero-order valence-electron chi connectivity index (χ0n) is 13.5. The minimum absolute atomic E-state index is 0.0499. The van der Waals surface area contributed by atoms with Crippen molar-refractivity contribution in [3.8, 4) is 0 Å². The van der Waals surface area contributed by atoms with Gasteiger partial charge in [0.25, 0.3) is 0 Å². The predicted octanol–water partition coefficient (Wildman–Crippen LogP) is 1.68. The average molecular weight is 347 g/mol. The van der Waals surface area contributed by atoms with E-state index in [4.69, 9.17) is 5.14 Å². The number of primary sulfonamides is 1. The lowest BCUT2D eigenvalue weighted by Crippen LogP contribution is -2.36. The number of rotatable bonds is 6. The summed E-state index contributed by atoms with van der Waals surface area (Å²) in [4.78, 5) is 11.8. The molecule has 128 valence electrons. The minimum Gasteiger partial charge on any atom is -0.338 e. The van der Waals surface area contributed by atoms with Crippen LogP contribution in [-0.4, -0.2) is 21.0 Å². The normalized spacial score (nSPS) is 11.1. The van der Waals surface area contributed by atoms with E-state index in [-0.39, 0.29) is 10.9 Å². The largest absolute Gasteiger partial charge is 0.338 e. The van der Waals surface area contributed by atoms with Crippen molar-refractivity contribution in [1.29, 1.82) is 0 Å². The standard InChI is InChI=1S/C17H21N3O3S/c1-13-4-2-3-5-15(13)10-11-19-17(21)20-12-14-6-8-16(9-7-14)24(18,22)23/h2-9H,10-12H2,1H3,(H2,18,22,23)(H2,19,20,21). The van der Waals surface area contributed by atoms with Crippen LogP contribution in [0, 0.1) is 6.92 Å². The molecule has 7 heteroatoms. The number of benzene rings is 2. The van der Waals surface area contributed by atoms with Crippen molar-refractivity contribution in [2.75, 3.05) is 6.54 Å². The van der Waals surface area contributed by atoms with Crippen molar-refractivity contribution in [2.45, 2.75) is 24.8 Å². The number of carbonyl (C=O) groups is 1. The summed E-state index contributed by atoms with van der Waals surface area (Å²) in [7, 11) is -3.69. The van der Waals surface area contributed by atoms with Gasteiger partial charge in [-0.05, 0) is 42.2 Å². The third-order valence-electron chi connectivity index (χ3n) is 3.65. The lowest BCUT2D eigenvalue weighted by Gasteiger charge is -2.09. The molecule has 2 amide bonds. The lowest BCUT2D eigenvalue weighted by molar-refractivity contribution is 0.240. The van der Waals surface area contributed by atoms with Crippen LogP contribution in [0.1, 0.15) is 16.7 Å². The SMILES string of the molecule is Cc1ccccc1CCNC(=O)NCc1ccc(S(N)(=O)=O)cc1. The van der Waals surface area contributed by atoms with Gasteiger partial charge in [0.2, 0.25) is 10.0 Å². The van der Waals surface area contributed by atoms with Gasteiger partial charge in [0, 0.05) is 13.1 Å². The molecule has 2 aromatic rings. The Morgan fingerprint density at radius 3 is 2.33 bits per heavy atom. The summed E-state index contributed by atoms with van der Waals surface area (Å²) in [5.74, 6) is 0. The summed E-state index contributed by atoms with van der Waals surface area (Å²) in [6.07, 6.45) is 0.767. The molecule has 2 aromatic carbocycles. The molecular weight excluding hydrogens is 326 g/mol. The van der Waals surface area contributed by atoms with Crippen LogP contribution in [0.4, 0.5) is 4.79 Å². The molecule has 0 saturated carbocycles. The Balaban J connectivity index is 1.76. The Kier molecular flexibility index (Phi) is 5.94. The first-order chi connectivity index (χ1) is 11.4. The maximum Gasteiger partial charge on any atom is 0.315 e. The molecule has 0 atom stereocenters.